The predicted molar refractivity (Wildman–Crippen MR) is 163 cm³/mol. The highest BCUT2D eigenvalue weighted by Gasteiger charge is 2.35. The second kappa shape index (κ2) is 14.7. The Morgan fingerprint density at radius 2 is 1.84 bits per heavy atom. The molecule has 1 saturated heterocycles. The van der Waals surface area contributed by atoms with Gasteiger partial charge in [-0.3, -0.25) is 9.59 Å². The second-order valence-corrected chi connectivity index (χ2v) is 10.6. The lowest BCUT2D eigenvalue weighted by Gasteiger charge is -2.30. The van der Waals surface area contributed by atoms with Crippen molar-refractivity contribution in [3.05, 3.63) is 71.7 Å². The molecule has 5 rings (SSSR count). The van der Waals surface area contributed by atoms with Gasteiger partial charge >= 0.3 is 0 Å². The number of hydrogen-bond donors (Lipinski definition) is 1. The molecule has 13 nitrogen and oxygen atoms in total. The third-order valence-corrected chi connectivity index (χ3v) is 7.61. The number of carbonyl (C=O) groups excluding carboxylic acids is 2. The van der Waals surface area contributed by atoms with Crippen LogP contribution in [-0.4, -0.2) is 84.1 Å². The third-order valence-electron chi connectivity index (χ3n) is 7.61. The first-order chi connectivity index (χ1) is 21.9. The van der Waals surface area contributed by atoms with Gasteiger partial charge in [0.15, 0.2) is 17.5 Å². The number of nitrogens with one attached hydrogen (secondary N) is 1. The van der Waals surface area contributed by atoms with Crippen molar-refractivity contribution < 1.29 is 33.0 Å². The second-order valence-electron chi connectivity index (χ2n) is 10.6. The van der Waals surface area contributed by atoms with Crippen molar-refractivity contribution in [3.63, 3.8) is 0 Å². The molecule has 1 fully saturated rings. The van der Waals surface area contributed by atoms with Gasteiger partial charge in [0.05, 0.1) is 27.4 Å². The Kier molecular flexibility index (Phi) is 10.3. The molecule has 2 aromatic carbocycles. The van der Waals surface area contributed by atoms with E-state index in [9.17, 15) is 9.59 Å². The van der Waals surface area contributed by atoms with E-state index < -0.39 is 6.04 Å². The molecule has 2 amide bonds. The Labute approximate surface area is 261 Å². The monoisotopic (exact) mass is 618 g/mol. The van der Waals surface area contributed by atoms with Crippen molar-refractivity contribution in [2.45, 2.75) is 44.9 Å². The van der Waals surface area contributed by atoms with Gasteiger partial charge in [-0.1, -0.05) is 6.07 Å². The number of carbonyl (C=O) groups is 2. The molecule has 0 unspecified atom stereocenters. The number of ether oxygens (including phenoxy) is 4. The maximum atomic E-state index is 14.1. The minimum Gasteiger partial charge on any atom is -0.497 e. The Hall–Kier alpha value is -4.91. The molecular weight excluding hydrogens is 580 g/mol. The summed E-state index contributed by atoms with van der Waals surface area (Å²) in [4.78, 5) is 30.6. The molecule has 0 spiro atoms. The lowest BCUT2D eigenvalue weighted by atomic mass is 10.1. The van der Waals surface area contributed by atoms with Gasteiger partial charge in [-0.15, -0.1) is 10.2 Å². The summed E-state index contributed by atoms with van der Waals surface area (Å²) in [6, 6.07) is 15.2. The summed E-state index contributed by atoms with van der Waals surface area (Å²) in [7, 11) is 4.73. The van der Waals surface area contributed by atoms with Crippen molar-refractivity contribution in [2.75, 3.05) is 41.0 Å². The normalized spacial score (nSPS) is 15.0. The molecule has 1 N–H and O–H groups in total. The molecular formula is C32H38N6O7. The minimum absolute atomic E-state index is 0.0698. The van der Waals surface area contributed by atoms with Crippen LogP contribution in [0.5, 0.6) is 17.2 Å². The lowest BCUT2D eigenvalue weighted by Crippen LogP contribution is -2.47. The van der Waals surface area contributed by atoms with Gasteiger partial charge < -0.3 is 33.6 Å². The molecule has 0 radical (unpaired) electrons. The van der Waals surface area contributed by atoms with E-state index >= 15 is 0 Å². The maximum Gasteiger partial charge on any atom is 0.250 e. The van der Waals surface area contributed by atoms with Crippen LogP contribution >= 0.6 is 0 Å². The summed E-state index contributed by atoms with van der Waals surface area (Å²) in [5.74, 6) is 2.43. The van der Waals surface area contributed by atoms with Crippen LogP contribution < -0.4 is 19.5 Å². The zero-order chi connectivity index (χ0) is 31.8. The Balaban J connectivity index is 1.41. The number of amides is 2. The predicted octanol–water partition coefficient (Wildman–Crippen LogP) is 3.38. The quantitative estimate of drug-likeness (QED) is 0.223. The van der Waals surface area contributed by atoms with E-state index in [-0.39, 0.29) is 31.0 Å². The summed E-state index contributed by atoms with van der Waals surface area (Å²) >= 11 is 0. The number of aryl methyl sites for hydroxylation is 1. The van der Waals surface area contributed by atoms with E-state index in [2.05, 4.69) is 20.7 Å². The molecule has 0 bridgehead atoms. The Bertz CT molecular complexity index is 1580. The molecule has 2 atom stereocenters. The number of furan rings is 1. The van der Waals surface area contributed by atoms with Crippen LogP contribution in [0.15, 0.2) is 59.0 Å². The number of nitrogens with zero attached hydrogens (tertiary/aromatic N) is 5. The van der Waals surface area contributed by atoms with Gasteiger partial charge in [0.25, 0.3) is 5.91 Å². The first-order valence-corrected chi connectivity index (χ1v) is 14.8. The van der Waals surface area contributed by atoms with Crippen LogP contribution in [0.25, 0.3) is 11.4 Å². The molecule has 0 saturated carbocycles. The van der Waals surface area contributed by atoms with Gasteiger partial charge in [0.1, 0.15) is 23.8 Å². The van der Waals surface area contributed by atoms with Crippen molar-refractivity contribution >= 4 is 11.8 Å². The highest BCUT2D eigenvalue weighted by Crippen LogP contribution is 2.29. The van der Waals surface area contributed by atoms with Crippen molar-refractivity contribution in [1.29, 1.82) is 0 Å². The summed E-state index contributed by atoms with van der Waals surface area (Å²) in [5, 5.41) is 15.7. The average Bonchev–Trinajstić information content (AvgIpc) is 3.85. The summed E-state index contributed by atoms with van der Waals surface area (Å²) in [6.07, 6.45) is 2.16. The van der Waals surface area contributed by atoms with E-state index in [1.807, 2.05) is 30.3 Å². The van der Waals surface area contributed by atoms with Gasteiger partial charge in [0.2, 0.25) is 11.7 Å². The van der Waals surface area contributed by atoms with E-state index in [1.165, 1.54) is 9.70 Å². The van der Waals surface area contributed by atoms with Crippen LogP contribution in [0.3, 0.4) is 0 Å². The SMILES string of the molecule is COc1ccc(-c2nnn(CC(=O)N(CCc3ccc(OC)c(OC)c3)[C@H](C(=O)NC[C@@H]3CCCO3)c3ccc(C)o3)n2)cc1. The van der Waals surface area contributed by atoms with Crippen molar-refractivity contribution in [2.24, 2.45) is 0 Å². The van der Waals surface area contributed by atoms with Crippen molar-refractivity contribution in [1.82, 2.24) is 30.4 Å². The average molecular weight is 619 g/mol. The first kappa shape index (κ1) is 31.5. The highest BCUT2D eigenvalue weighted by atomic mass is 16.5. The minimum atomic E-state index is -1.04. The summed E-state index contributed by atoms with van der Waals surface area (Å²) < 4.78 is 27.7. The van der Waals surface area contributed by atoms with Crippen LogP contribution in [0.2, 0.25) is 0 Å². The molecule has 45 heavy (non-hydrogen) atoms. The number of rotatable bonds is 14. The van der Waals surface area contributed by atoms with E-state index in [1.54, 1.807) is 52.5 Å². The molecule has 2 aromatic heterocycles. The first-order valence-electron chi connectivity index (χ1n) is 14.8. The number of benzene rings is 2. The maximum absolute atomic E-state index is 14.1. The fourth-order valence-electron chi connectivity index (χ4n) is 5.20. The van der Waals surface area contributed by atoms with Crippen LogP contribution in [0.1, 0.15) is 36.0 Å². The van der Waals surface area contributed by atoms with E-state index in [4.69, 9.17) is 23.4 Å². The van der Waals surface area contributed by atoms with Crippen LogP contribution in [0, 0.1) is 6.92 Å². The zero-order valence-corrected chi connectivity index (χ0v) is 25.9. The highest BCUT2D eigenvalue weighted by molar-refractivity contribution is 5.88. The van der Waals surface area contributed by atoms with Crippen LogP contribution in [0.4, 0.5) is 0 Å². The third kappa shape index (κ3) is 7.79. The van der Waals surface area contributed by atoms with Gasteiger partial charge in [-0.25, -0.2) is 0 Å². The number of tetrazole rings is 1. The topological polar surface area (TPSA) is 143 Å². The largest absolute Gasteiger partial charge is 0.497 e. The fraction of sp³-hybridized carbons (Fsp3) is 0.406. The number of hydrogen-bond acceptors (Lipinski definition) is 10. The molecule has 3 heterocycles. The molecule has 238 valence electrons. The van der Waals surface area contributed by atoms with Gasteiger partial charge in [-0.05, 0) is 85.5 Å². The summed E-state index contributed by atoms with van der Waals surface area (Å²) in [6.45, 7) is 2.74. The smallest absolute Gasteiger partial charge is 0.250 e. The van der Waals surface area contributed by atoms with E-state index in [0.29, 0.717) is 54.2 Å². The number of methoxy groups -OCH3 is 3. The Morgan fingerprint density at radius 3 is 2.51 bits per heavy atom. The molecule has 0 aliphatic carbocycles. The molecule has 13 heteroatoms. The fourth-order valence-corrected chi connectivity index (χ4v) is 5.20. The van der Waals surface area contributed by atoms with Crippen molar-refractivity contribution in [3.8, 4) is 28.6 Å². The molecule has 4 aromatic rings. The number of aromatic nitrogens is 4. The lowest BCUT2D eigenvalue weighted by molar-refractivity contribution is -0.142. The molecule has 1 aliphatic rings. The molecule has 1 aliphatic heterocycles. The zero-order valence-electron chi connectivity index (χ0n) is 25.9. The van der Waals surface area contributed by atoms with Gasteiger partial charge in [0, 0.05) is 25.3 Å². The van der Waals surface area contributed by atoms with E-state index in [0.717, 1.165) is 24.0 Å². The van der Waals surface area contributed by atoms with Crippen LogP contribution in [-0.2, 0) is 27.3 Å². The standard InChI is InChI=1S/C32H38N6O7/c1-21-7-13-27(45-21)30(32(40)33-19-25-6-5-17-44-25)37(16-15-22-8-14-26(42-3)28(18-22)43-4)29(39)20-38-35-31(34-36-38)23-9-11-24(41-2)12-10-23/h7-14,18,25,30H,5-6,15-17,19-20H2,1-4H3,(H,33,40)/t25-,30-/m0/s1. The van der Waals surface area contributed by atoms with Gasteiger partial charge in [-0.2, -0.15) is 4.80 Å². The Morgan fingerprint density at radius 1 is 1.04 bits per heavy atom. The summed E-state index contributed by atoms with van der Waals surface area (Å²) in [5.41, 5.74) is 1.61.